The minimum atomic E-state index is -0.601. The van der Waals surface area contributed by atoms with E-state index in [1.807, 2.05) is 91.0 Å². The van der Waals surface area contributed by atoms with Crippen molar-refractivity contribution in [2.45, 2.75) is 56.5 Å². The Morgan fingerprint density at radius 3 is 2.07 bits per heavy atom. The summed E-state index contributed by atoms with van der Waals surface area (Å²) in [6.07, 6.45) is 1.20. The number of amides is 3. The van der Waals surface area contributed by atoms with Gasteiger partial charge >= 0.3 is 0 Å². The Bertz CT molecular complexity index is 2200. The maximum atomic E-state index is 13.3. The lowest BCUT2D eigenvalue weighted by Crippen LogP contribution is -2.57. The third-order valence-electron chi connectivity index (χ3n) is 11.8. The van der Waals surface area contributed by atoms with Crippen LogP contribution in [0, 0.1) is 0 Å². The zero-order valence-corrected chi connectivity index (χ0v) is 31.1. The number of aliphatic hydroxyl groups is 1. The van der Waals surface area contributed by atoms with Gasteiger partial charge in [-0.1, -0.05) is 97.1 Å². The Labute approximate surface area is 326 Å². The van der Waals surface area contributed by atoms with Crippen molar-refractivity contribution in [3.63, 3.8) is 0 Å². The van der Waals surface area contributed by atoms with Gasteiger partial charge in [0, 0.05) is 37.3 Å². The van der Waals surface area contributed by atoms with Crippen molar-refractivity contribution >= 4 is 23.4 Å². The molecular formula is C46H44N4O6. The fourth-order valence-corrected chi connectivity index (χ4v) is 8.71. The first-order chi connectivity index (χ1) is 27.4. The number of imide groups is 1. The van der Waals surface area contributed by atoms with Crippen LogP contribution in [0.5, 0.6) is 0 Å². The van der Waals surface area contributed by atoms with Crippen LogP contribution in [0.2, 0.25) is 0 Å². The average molecular weight is 749 g/mol. The van der Waals surface area contributed by atoms with Crippen molar-refractivity contribution < 1.29 is 29.0 Å². The highest BCUT2D eigenvalue weighted by Gasteiger charge is 2.50. The predicted molar refractivity (Wildman–Crippen MR) is 211 cm³/mol. The van der Waals surface area contributed by atoms with Gasteiger partial charge in [-0.3, -0.25) is 19.3 Å². The number of piperidine rings is 1. The molecule has 0 unspecified atom stereocenters. The summed E-state index contributed by atoms with van der Waals surface area (Å²) in [6, 6.07) is 41.1. The molecule has 10 heteroatoms. The van der Waals surface area contributed by atoms with Crippen LogP contribution in [0.4, 0.5) is 5.69 Å². The van der Waals surface area contributed by atoms with E-state index in [1.165, 1.54) is 4.90 Å². The van der Waals surface area contributed by atoms with Gasteiger partial charge in [0.15, 0.2) is 6.29 Å². The van der Waals surface area contributed by atoms with Crippen LogP contribution >= 0.6 is 0 Å². The molecule has 2 N–H and O–H groups in total. The topological polar surface area (TPSA) is 112 Å². The number of carbonyl (C=O) groups excluding carboxylic acids is 3. The fraction of sp³-hybridized carbons (Fsp3) is 0.283. The number of hydrogen-bond acceptors (Lipinski definition) is 8. The van der Waals surface area contributed by atoms with Gasteiger partial charge in [0.05, 0.1) is 43.2 Å². The van der Waals surface area contributed by atoms with E-state index < -0.39 is 11.8 Å². The first kappa shape index (κ1) is 36.0. The SMILES string of the molecule is O=C1c2ccccc2C(=O)N1Cc1cccc(-c2ccc([C@H]3O[C@@H](CN4CCC5(CC4)C(=O)NCN5c4ccccc4)C[C@@H](c4ccc(CO)cc4)O3)cc2)c1. The second kappa shape index (κ2) is 15.1. The highest BCUT2D eigenvalue weighted by Crippen LogP contribution is 2.41. The van der Waals surface area contributed by atoms with E-state index in [-0.39, 0.29) is 43.1 Å². The molecule has 3 atom stereocenters. The van der Waals surface area contributed by atoms with Gasteiger partial charge in [0.2, 0.25) is 5.91 Å². The minimum absolute atomic E-state index is 0.0195. The lowest BCUT2D eigenvalue weighted by Gasteiger charge is -2.45. The quantitative estimate of drug-likeness (QED) is 0.162. The molecule has 0 saturated carbocycles. The smallest absolute Gasteiger partial charge is 0.261 e. The van der Waals surface area contributed by atoms with Crippen LogP contribution < -0.4 is 10.2 Å². The van der Waals surface area contributed by atoms with E-state index in [4.69, 9.17) is 9.47 Å². The normalized spacial score (nSPS) is 22.1. The molecule has 4 aliphatic rings. The Hall–Kier alpha value is -5.65. The number of ether oxygens (including phenoxy) is 2. The highest BCUT2D eigenvalue weighted by atomic mass is 16.7. The second-order valence-electron chi connectivity index (χ2n) is 15.2. The molecule has 5 aromatic carbocycles. The van der Waals surface area contributed by atoms with Crippen LogP contribution in [0.25, 0.3) is 11.1 Å². The van der Waals surface area contributed by atoms with Crippen LogP contribution in [0.1, 0.15) is 74.6 Å². The zero-order chi connectivity index (χ0) is 38.2. The van der Waals surface area contributed by atoms with Crippen molar-refractivity contribution in [1.82, 2.24) is 15.1 Å². The van der Waals surface area contributed by atoms with E-state index in [1.54, 1.807) is 24.3 Å². The maximum absolute atomic E-state index is 13.3. The first-order valence-corrected chi connectivity index (χ1v) is 19.4. The van der Waals surface area contributed by atoms with E-state index >= 15 is 0 Å². The summed E-state index contributed by atoms with van der Waals surface area (Å²) in [4.78, 5) is 45.3. The molecule has 56 heavy (non-hydrogen) atoms. The van der Waals surface area contributed by atoms with E-state index in [0.29, 0.717) is 30.8 Å². The van der Waals surface area contributed by atoms with Gasteiger partial charge in [-0.15, -0.1) is 0 Å². The van der Waals surface area contributed by atoms with Crippen molar-refractivity contribution in [2.24, 2.45) is 0 Å². The summed E-state index contributed by atoms with van der Waals surface area (Å²) in [5.41, 5.74) is 7.01. The van der Waals surface area contributed by atoms with Crippen molar-refractivity contribution in [3.8, 4) is 11.1 Å². The molecule has 0 radical (unpaired) electrons. The van der Waals surface area contributed by atoms with Crippen LogP contribution in [-0.4, -0.2) is 70.6 Å². The van der Waals surface area contributed by atoms with Crippen LogP contribution in [0.15, 0.2) is 127 Å². The zero-order valence-electron chi connectivity index (χ0n) is 31.1. The monoisotopic (exact) mass is 748 g/mol. The number of nitrogens with zero attached hydrogens (tertiary/aromatic N) is 3. The Kier molecular flexibility index (Phi) is 9.72. The molecule has 10 nitrogen and oxygen atoms in total. The van der Waals surface area contributed by atoms with Gasteiger partial charge < -0.3 is 29.7 Å². The average Bonchev–Trinajstić information content (AvgIpc) is 3.69. The van der Waals surface area contributed by atoms with Crippen molar-refractivity contribution in [1.29, 1.82) is 0 Å². The van der Waals surface area contributed by atoms with E-state index in [0.717, 1.165) is 65.0 Å². The lowest BCUT2D eigenvalue weighted by molar-refractivity contribution is -0.253. The molecule has 5 aromatic rings. The number of anilines is 1. The number of hydrogen-bond donors (Lipinski definition) is 2. The number of carbonyl (C=O) groups is 3. The fourth-order valence-electron chi connectivity index (χ4n) is 8.71. The number of rotatable bonds is 9. The third kappa shape index (κ3) is 6.79. The number of likely N-dealkylation sites (tertiary alicyclic amines) is 1. The summed E-state index contributed by atoms with van der Waals surface area (Å²) in [6.45, 7) is 2.96. The van der Waals surface area contributed by atoms with E-state index in [2.05, 4.69) is 27.2 Å². The first-order valence-electron chi connectivity index (χ1n) is 19.4. The number of benzene rings is 5. The van der Waals surface area contributed by atoms with Crippen LogP contribution in [0.3, 0.4) is 0 Å². The molecule has 1 spiro atoms. The summed E-state index contributed by atoms with van der Waals surface area (Å²) in [5, 5.41) is 12.8. The van der Waals surface area contributed by atoms with Gasteiger partial charge in [-0.25, -0.2) is 0 Å². The minimum Gasteiger partial charge on any atom is -0.392 e. The molecule has 3 saturated heterocycles. The largest absolute Gasteiger partial charge is 0.392 e. The molecule has 3 fully saturated rings. The molecule has 0 aliphatic carbocycles. The number of aliphatic hydroxyl groups excluding tert-OH is 1. The molecule has 0 bridgehead atoms. The Morgan fingerprint density at radius 1 is 0.696 bits per heavy atom. The Balaban J connectivity index is 0.903. The third-order valence-corrected chi connectivity index (χ3v) is 11.8. The lowest BCUT2D eigenvalue weighted by atomic mass is 9.85. The maximum Gasteiger partial charge on any atom is 0.261 e. The number of para-hydroxylation sites is 1. The highest BCUT2D eigenvalue weighted by molar-refractivity contribution is 6.21. The van der Waals surface area contributed by atoms with Crippen molar-refractivity contribution in [2.75, 3.05) is 31.2 Å². The van der Waals surface area contributed by atoms with E-state index in [9.17, 15) is 19.5 Å². The predicted octanol–water partition coefficient (Wildman–Crippen LogP) is 6.62. The molecule has 0 aromatic heterocycles. The Morgan fingerprint density at radius 2 is 1.38 bits per heavy atom. The molecule has 4 heterocycles. The summed E-state index contributed by atoms with van der Waals surface area (Å²) in [7, 11) is 0. The van der Waals surface area contributed by atoms with Gasteiger partial charge in [-0.05, 0) is 71.0 Å². The molecule has 284 valence electrons. The van der Waals surface area contributed by atoms with Gasteiger partial charge in [0.25, 0.3) is 11.8 Å². The van der Waals surface area contributed by atoms with Crippen LogP contribution in [-0.2, 0) is 27.4 Å². The molecule has 4 aliphatic heterocycles. The second-order valence-corrected chi connectivity index (χ2v) is 15.2. The molecular weight excluding hydrogens is 705 g/mol. The summed E-state index contributed by atoms with van der Waals surface area (Å²) < 4.78 is 13.4. The standard InChI is InChI=1S/C46H44N4O6/c51-29-31-13-15-34(16-14-31)41-26-38(28-48-23-21-46(22-24-48)45(54)47-30-50(46)37-9-2-1-3-10-37)55-44(56-41)35-19-17-33(18-20-35)36-8-6-7-32(25-36)27-49-42(52)39-11-4-5-12-40(39)43(49)53/h1-20,25,38,41,44,51H,21-24,26-30H2,(H,47,54)/t38-,41+,44+/m1/s1. The summed E-state index contributed by atoms with van der Waals surface area (Å²) >= 11 is 0. The molecule has 3 amide bonds. The van der Waals surface area contributed by atoms with Gasteiger partial charge in [-0.2, -0.15) is 0 Å². The van der Waals surface area contributed by atoms with Gasteiger partial charge in [0.1, 0.15) is 5.54 Å². The molecule has 9 rings (SSSR count). The summed E-state index contributed by atoms with van der Waals surface area (Å²) in [5.74, 6) is -0.435. The van der Waals surface area contributed by atoms with Crippen molar-refractivity contribution in [3.05, 3.63) is 161 Å². The number of fused-ring (bicyclic) bond motifs is 1. The number of nitrogens with one attached hydrogen (secondary N) is 1.